The van der Waals surface area contributed by atoms with E-state index in [2.05, 4.69) is 15.6 Å². The van der Waals surface area contributed by atoms with Gasteiger partial charge in [-0.05, 0) is 12.1 Å². The summed E-state index contributed by atoms with van der Waals surface area (Å²) >= 11 is 0. The molecular formula is C7H9Cl2N3O. The number of carbonyl (C=O) groups is 1. The highest BCUT2D eigenvalue weighted by Gasteiger charge is 2.12. The van der Waals surface area contributed by atoms with Gasteiger partial charge in [-0.15, -0.1) is 24.8 Å². The Morgan fingerprint density at radius 3 is 2.92 bits per heavy atom. The number of nitrogens with zero attached hydrogens (tertiary/aromatic N) is 1. The minimum atomic E-state index is -0.0227. The highest BCUT2D eigenvalue weighted by atomic mass is 35.5. The van der Waals surface area contributed by atoms with Gasteiger partial charge in [0.15, 0.2) is 0 Å². The second-order valence-electron chi connectivity index (χ2n) is 2.30. The van der Waals surface area contributed by atoms with Crippen LogP contribution in [0, 0.1) is 0 Å². The fourth-order valence-corrected chi connectivity index (χ4v) is 1.01. The Morgan fingerprint density at radius 2 is 2.15 bits per heavy atom. The number of aromatic nitrogens is 1. The molecular weight excluding hydrogens is 213 g/mol. The van der Waals surface area contributed by atoms with Gasteiger partial charge in [-0.25, -0.2) is 4.98 Å². The SMILES string of the molecule is Cl.Cl.O=C1CNc2ncccc2N1. The van der Waals surface area contributed by atoms with Crippen molar-refractivity contribution in [3.05, 3.63) is 18.3 Å². The van der Waals surface area contributed by atoms with Gasteiger partial charge in [0.25, 0.3) is 0 Å². The monoisotopic (exact) mass is 221 g/mol. The molecule has 72 valence electrons. The maximum absolute atomic E-state index is 10.8. The van der Waals surface area contributed by atoms with Crippen LogP contribution >= 0.6 is 24.8 Å². The molecule has 0 saturated carbocycles. The number of pyridine rings is 1. The topological polar surface area (TPSA) is 54.0 Å². The largest absolute Gasteiger partial charge is 0.359 e. The van der Waals surface area contributed by atoms with Gasteiger partial charge in [0.1, 0.15) is 5.82 Å². The first-order valence-electron chi connectivity index (χ1n) is 3.35. The average molecular weight is 222 g/mol. The number of hydrogen-bond acceptors (Lipinski definition) is 3. The molecule has 6 heteroatoms. The first-order valence-corrected chi connectivity index (χ1v) is 3.35. The maximum atomic E-state index is 10.8. The van der Waals surface area contributed by atoms with Gasteiger partial charge < -0.3 is 10.6 Å². The minimum Gasteiger partial charge on any atom is -0.359 e. The number of hydrogen-bond donors (Lipinski definition) is 2. The highest BCUT2D eigenvalue weighted by molar-refractivity contribution is 5.99. The van der Waals surface area contributed by atoms with Crippen LogP contribution in [0.2, 0.25) is 0 Å². The zero-order chi connectivity index (χ0) is 7.68. The number of amides is 1. The summed E-state index contributed by atoms with van der Waals surface area (Å²) < 4.78 is 0. The van der Waals surface area contributed by atoms with Gasteiger partial charge >= 0.3 is 0 Å². The Bertz CT molecular complexity index is 306. The third-order valence-electron chi connectivity index (χ3n) is 1.50. The molecule has 4 nitrogen and oxygen atoms in total. The van der Waals surface area contributed by atoms with Crippen LogP contribution in [0.3, 0.4) is 0 Å². The normalized spacial score (nSPS) is 12.5. The first-order chi connectivity index (χ1) is 5.36. The van der Waals surface area contributed by atoms with Crippen molar-refractivity contribution in [2.45, 2.75) is 0 Å². The lowest BCUT2D eigenvalue weighted by Crippen LogP contribution is -2.27. The molecule has 0 unspecified atom stereocenters. The Morgan fingerprint density at radius 1 is 1.38 bits per heavy atom. The molecule has 0 aliphatic carbocycles. The molecule has 0 bridgehead atoms. The predicted molar refractivity (Wildman–Crippen MR) is 55.9 cm³/mol. The lowest BCUT2D eigenvalue weighted by Gasteiger charge is -2.16. The number of nitrogens with one attached hydrogen (secondary N) is 2. The molecule has 0 aromatic carbocycles. The molecule has 1 amide bonds. The van der Waals surface area contributed by atoms with E-state index in [0.29, 0.717) is 6.54 Å². The molecule has 0 fully saturated rings. The summed E-state index contributed by atoms with van der Waals surface area (Å²) in [6.07, 6.45) is 1.68. The third kappa shape index (κ3) is 2.47. The van der Waals surface area contributed by atoms with Crippen molar-refractivity contribution in [3.8, 4) is 0 Å². The summed E-state index contributed by atoms with van der Waals surface area (Å²) in [6, 6.07) is 3.60. The van der Waals surface area contributed by atoms with Gasteiger partial charge in [-0.1, -0.05) is 0 Å². The summed E-state index contributed by atoms with van der Waals surface area (Å²) in [7, 11) is 0. The van der Waals surface area contributed by atoms with Crippen molar-refractivity contribution in [1.82, 2.24) is 4.98 Å². The number of carbonyl (C=O) groups excluding carboxylic acids is 1. The molecule has 2 heterocycles. The third-order valence-corrected chi connectivity index (χ3v) is 1.50. The van der Waals surface area contributed by atoms with Gasteiger partial charge in [0.05, 0.1) is 12.2 Å². The van der Waals surface area contributed by atoms with E-state index in [-0.39, 0.29) is 30.7 Å². The fraction of sp³-hybridized carbons (Fsp3) is 0.143. The van der Waals surface area contributed by atoms with Gasteiger partial charge in [0, 0.05) is 6.20 Å². The van der Waals surface area contributed by atoms with Crippen molar-refractivity contribution >= 4 is 42.2 Å². The Labute approximate surface area is 87.9 Å². The molecule has 2 rings (SSSR count). The molecule has 2 N–H and O–H groups in total. The van der Waals surface area contributed by atoms with E-state index in [9.17, 15) is 4.79 Å². The van der Waals surface area contributed by atoms with E-state index in [4.69, 9.17) is 0 Å². The Balaban J connectivity index is 0.000000720. The second kappa shape index (κ2) is 4.89. The number of rotatable bonds is 0. The van der Waals surface area contributed by atoms with Crippen molar-refractivity contribution in [2.24, 2.45) is 0 Å². The smallest absolute Gasteiger partial charge is 0.243 e. The van der Waals surface area contributed by atoms with E-state index in [1.165, 1.54) is 0 Å². The minimum absolute atomic E-state index is 0. The summed E-state index contributed by atoms with van der Waals surface area (Å²) in [4.78, 5) is 14.9. The van der Waals surface area contributed by atoms with Crippen LogP contribution in [-0.2, 0) is 4.79 Å². The standard InChI is InChI=1S/C7H7N3O.2ClH/c11-6-4-9-7-5(10-6)2-1-3-8-7;;/h1-3H,4H2,(H,8,9)(H,10,11);2*1H. The quantitative estimate of drug-likeness (QED) is 0.695. The Hall–Kier alpha value is -1.00. The van der Waals surface area contributed by atoms with Crippen LogP contribution in [0.1, 0.15) is 0 Å². The van der Waals surface area contributed by atoms with Crippen LogP contribution in [0.25, 0.3) is 0 Å². The molecule has 0 spiro atoms. The van der Waals surface area contributed by atoms with E-state index in [1.54, 1.807) is 12.3 Å². The van der Waals surface area contributed by atoms with E-state index in [1.807, 2.05) is 6.07 Å². The zero-order valence-electron chi connectivity index (χ0n) is 6.61. The van der Waals surface area contributed by atoms with E-state index >= 15 is 0 Å². The van der Waals surface area contributed by atoms with Crippen LogP contribution < -0.4 is 10.6 Å². The lowest BCUT2D eigenvalue weighted by atomic mass is 10.3. The first kappa shape index (κ1) is 12.0. The van der Waals surface area contributed by atoms with Crippen LogP contribution in [0.4, 0.5) is 11.5 Å². The second-order valence-corrected chi connectivity index (χ2v) is 2.30. The average Bonchev–Trinajstić information content (AvgIpc) is 2.04. The Kier molecular flexibility index (Phi) is 4.51. The van der Waals surface area contributed by atoms with Gasteiger partial charge in [-0.3, -0.25) is 4.79 Å². The number of anilines is 2. The molecule has 1 aromatic heterocycles. The van der Waals surface area contributed by atoms with Gasteiger partial charge in [0.2, 0.25) is 5.91 Å². The van der Waals surface area contributed by atoms with Crippen molar-refractivity contribution < 1.29 is 4.79 Å². The molecule has 1 aliphatic heterocycles. The summed E-state index contributed by atoms with van der Waals surface area (Å²) in [5.74, 6) is 0.720. The summed E-state index contributed by atoms with van der Waals surface area (Å²) in [5.41, 5.74) is 0.753. The predicted octanol–water partition coefficient (Wildman–Crippen LogP) is 1.29. The lowest BCUT2D eigenvalue weighted by molar-refractivity contribution is -0.114. The van der Waals surface area contributed by atoms with Crippen molar-refractivity contribution in [1.29, 1.82) is 0 Å². The summed E-state index contributed by atoms with van der Waals surface area (Å²) in [6.45, 7) is 0.310. The van der Waals surface area contributed by atoms with Crippen LogP contribution in [-0.4, -0.2) is 17.4 Å². The van der Waals surface area contributed by atoms with E-state index in [0.717, 1.165) is 11.5 Å². The van der Waals surface area contributed by atoms with Gasteiger partial charge in [-0.2, -0.15) is 0 Å². The van der Waals surface area contributed by atoms with Crippen LogP contribution in [0.5, 0.6) is 0 Å². The van der Waals surface area contributed by atoms with Crippen molar-refractivity contribution in [2.75, 3.05) is 17.2 Å². The number of halogens is 2. The summed E-state index contributed by atoms with van der Waals surface area (Å²) in [5, 5.41) is 5.59. The molecule has 1 aromatic rings. The number of fused-ring (bicyclic) bond motifs is 1. The molecule has 13 heavy (non-hydrogen) atoms. The highest BCUT2D eigenvalue weighted by Crippen LogP contribution is 2.19. The molecule has 0 radical (unpaired) electrons. The van der Waals surface area contributed by atoms with E-state index < -0.39 is 0 Å². The molecule has 0 saturated heterocycles. The van der Waals surface area contributed by atoms with Crippen molar-refractivity contribution in [3.63, 3.8) is 0 Å². The van der Waals surface area contributed by atoms with Crippen LogP contribution in [0.15, 0.2) is 18.3 Å². The maximum Gasteiger partial charge on any atom is 0.243 e. The zero-order valence-corrected chi connectivity index (χ0v) is 8.24. The molecule has 1 aliphatic rings. The molecule has 0 atom stereocenters. The fourth-order valence-electron chi connectivity index (χ4n) is 1.01.